The van der Waals surface area contributed by atoms with Crippen LogP contribution in [0.4, 0.5) is 0 Å². The largest absolute Gasteiger partial charge is 0.459 e. The van der Waals surface area contributed by atoms with Crippen molar-refractivity contribution in [3.8, 4) is 0 Å². The minimum Gasteiger partial charge on any atom is -0.459 e. The van der Waals surface area contributed by atoms with Crippen LogP contribution in [0.1, 0.15) is 23.4 Å². The molecule has 1 aliphatic carbocycles. The standard InChI is InChI=1S/C13H18N2O3/c16-13(11-2-1-6-17-11)15-8-9-3-4-10-12(9)18-7-5-14-10/h1-2,6,9-10,12,14H,3-5,7-8H2,(H,15,16)/t9-,10-,12+/m0/s1. The first-order chi connectivity index (χ1) is 8.84. The van der Waals surface area contributed by atoms with Crippen molar-refractivity contribution >= 4 is 5.91 Å². The minimum atomic E-state index is -0.146. The van der Waals surface area contributed by atoms with Gasteiger partial charge in [0.25, 0.3) is 5.91 Å². The van der Waals surface area contributed by atoms with E-state index in [9.17, 15) is 4.79 Å². The predicted octanol–water partition coefficient (Wildman–Crippen LogP) is 0.776. The van der Waals surface area contributed by atoms with Crippen molar-refractivity contribution in [2.75, 3.05) is 19.7 Å². The summed E-state index contributed by atoms with van der Waals surface area (Å²) in [6, 6.07) is 3.85. The summed E-state index contributed by atoms with van der Waals surface area (Å²) in [4.78, 5) is 11.8. The van der Waals surface area contributed by atoms with Gasteiger partial charge in [0.05, 0.1) is 19.0 Å². The van der Waals surface area contributed by atoms with Crippen molar-refractivity contribution in [3.05, 3.63) is 24.2 Å². The molecule has 0 bridgehead atoms. The molecule has 1 saturated heterocycles. The molecule has 0 unspecified atom stereocenters. The molecule has 3 atom stereocenters. The Bertz CT molecular complexity index is 404. The normalized spacial score (nSPS) is 31.0. The van der Waals surface area contributed by atoms with Gasteiger partial charge < -0.3 is 19.8 Å². The average molecular weight is 250 g/mol. The van der Waals surface area contributed by atoms with E-state index < -0.39 is 0 Å². The molecule has 1 saturated carbocycles. The Morgan fingerprint density at radius 1 is 1.50 bits per heavy atom. The van der Waals surface area contributed by atoms with Crippen molar-refractivity contribution in [2.24, 2.45) is 5.92 Å². The summed E-state index contributed by atoms with van der Waals surface area (Å²) in [5.74, 6) is 0.626. The van der Waals surface area contributed by atoms with Crippen LogP contribution in [0.5, 0.6) is 0 Å². The van der Waals surface area contributed by atoms with Gasteiger partial charge in [0, 0.05) is 25.0 Å². The maximum atomic E-state index is 11.8. The van der Waals surface area contributed by atoms with Gasteiger partial charge >= 0.3 is 0 Å². The van der Waals surface area contributed by atoms with Crippen LogP contribution in [-0.2, 0) is 4.74 Å². The van der Waals surface area contributed by atoms with Gasteiger partial charge in [-0.3, -0.25) is 4.79 Å². The lowest BCUT2D eigenvalue weighted by molar-refractivity contribution is -0.0138. The van der Waals surface area contributed by atoms with E-state index in [-0.39, 0.29) is 12.0 Å². The lowest BCUT2D eigenvalue weighted by Crippen LogP contribution is -2.48. The van der Waals surface area contributed by atoms with Crippen LogP contribution in [0, 0.1) is 5.92 Å². The molecule has 1 aromatic heterocycles. The molecule has 2 heterocycles. The number of nitrogens with one attached hydrogen (secondary N) is 2. The molecule has 98 valence electrons. The number of rotatable bonds is 3. The highest BCUT2D eigenvalue weighted by atomic mass is 16.5. The fraction of sp³-hybridized carbons (Fsp3) is 0.615. The summed E-state index contributed by atoms with van der Waals surface area (Å²) >= 11 is 0. The van der Waals surface area contributed by atoms with Gasteiger partial charge in [0.1, 0.15) is 0 Å². The molecule has 18 heavy (non-hydrogen) atoms. The molecule has 2 fully saturated rings. The van der Waals surface area contributed by atoms with Crippen LogP contribution in [0.3, 0.4) is 0 Å². The Morgan fingerprint density at radius 3 is 3.28 bits per heavy atom. The Labute approximate surface area is 106 Å². The average Bonchev–Trinajstić information content (AvgIpc) is 3.06. The fourth-order valence-electron chi connectivity index (χ4n) is 2.90. The van der Waals surface area contributed by atoms with Gasteiger partial charge in [-0.15, -0.1) is 0 Å². The molecule has 1 amide bonds. The van der Waals surface area contributed by atoms with Gasteiger partial charge in [-0.05, 0) is 25.0 Å². The van der Waals surface area contributed by atoms with Crippen molar-refractivity contribution in [2.45, 2.75) is 25.0 Å². The lowest BCUT2D eigenvalue weighted by atomic mass is 10.0. The highest BCUT2D eigenvalue weighted by Crippen LogP contribution is 2.29. The predicted molar refractivity (Wildman–Crippen MR) is 65.3 cm³/mol. The molecule has 5 nitrogen and oxygen atoms in total. The Hall–Kier alpha value is -1.33. The molecule has 2 N–H and O–H groups in total. The van der Waals surface area contributed by atoms with E-state index in [4.69, 9.17) is 9.15 Å². The summed E-state index contributed by atoms with van der Waals surface area (Å²) in [5, 5.41) is 6.39. The van der Waals surface area contributed by atoms with Crippen LogP contribution >= 0.6 is 0 Å². The Balaban J connectivity index is 1.53. The minimum absolute atomic E-state index is 0.146. The van der Waals surface area contributed by atoms with E-state index in [1.807, 2.05) is 0 Å². The maximum Gasteiger partial charge on any atom is 0.286 e. The SMILES string of the molecule is O=C(NC[C@@H]1CC[C@@H]2NCCO[C@H]12)c1ccco1. The van der Waals surface area contributed by atoms with Crippen LogP contribution in [0.15, 0.2) is 22.8 Å². The number of hydrogen-bond donors (Lipinski definition) is 2. The zero-order valence-corrected chi connectivity index (χ0v) is 10.2. The topological polar surface area (TPSA) is 63.5 Å². The quantitative estimate of drug-likeness (QED) is 0.832. The summed E-state index contributed by atoms with van der Waals surface area (Å²) in [6.07, 6.45) is 3.98. The Kier molecular flexibility index (Phi) is 3.34. The second-order valence-corrected chi connectivity index (χ2v) is 4.92. The van der Waals surface area contributed by atoms with Crippen molar-refractivity contribution in [1.82, 2.24) is 10.6 Å². The second kappa shape index (κ2) is 5.12. The summed E-state index contributed by atoms with van der Waals surface area (Å²) in [7, 11) is 0. The molecule has 2 aliphatic rings. The number of hydrogen-bond acceptors (Lipinski definition) is 4. The lowest BCUT2D eigenvalue weighted by Gasteiger charge is -2.30. The summed E-state index contributed by atoms with van der Waals surface area (Å²) in [5.41, 5.74) is 0. The van der Waals surface area contributed by atoms with Gasteiger partial charge in [0.2, 0.25) is 0 Å². The van der Waals surface area contributed by atoms with E-state index in [0.29, 0.717) is 24.3 Å². The maximum absolute atomic E-state index is 11.8. The van der Waals surface area contributed by atoms with Crippen LogP contribution in [-0.4, -0.2) is 37.7 Å². The summed E-state index contributed by atoms with van der Waals surface area (Å²) in [6.45, 7) is 2.36. The first kappa shape index (κ1) is 11.7. The third-order valence-electron chi connectivity index (χ3n) is 3.80. The van der Waals surface area contributed by atoms with Crippen LogP contribution in [0.25, 0.3) is 0 Å². The van der Waals surface area contributed by atoms with Gasteiger partial charge in [-0.25, -0.2) is 0 Å². The number of ether oxygens (including phenoxy) is 1. The molecular weight excluding hydrogens is 232 g/mol. The van der Waals surface area contributed by atoms with Gasteiger partial charge in [0.15, 0.2) is 5.76 Å². The zero-order valence-electron chi connectivity index (χ0n) is 10.2. The molecule has 5 heteroatoms. The molecule has 3 rings (SSSR count). The van der Waals surface area contributed by atoms with Crippen LogP contribution in [0.2, 0.25) is 0 Å². The smallest absolute Gasteiger partial charge is 0.286 e. The number of furan rings is 1. The first-order valence-corrected chi connectivity index (χ1v) is 6.51. The highest BCUT2D eigenvalue weighted by molar-refractivity contribution is 5.91. The number of fused-ring (bicyclic) bond motifs is 1. The van der Waals surface area contributed by atoms with E-state index in [1.165, 1.54) is 6.26 Å². The van der Waals surface area contributed by atoms with Crippen molar-refractivity contribution < 1.29 is 13.9 Å². The van der Waals surface area contributed by atoms with Crippen molar-refractivity contribution in [1.29, 1.82) is 0 Å². The number of amides is 1. The van der Waals surface area contributed by atoms with Gasteiger partial charge in [-0.1, -0.05) is 0 Å². The Morgan fingerprint density at radius 2 is 2.44 bits per heavy atom. The fourth-order valence-corrected chi connectivity index (χ4v) is 2.90. The van der Waals surface area contributed by atoms with Crippen molar-refractivity contribution in [3.63, 3.8) is 0 Å². The zero-order chi connectivity index (χ0) is 12.4. The number of carbonyl (C=O) groups is 1. The highest BCUT2D eigenvalue weighted by Gasteiger charge is 2.38. The second-order valence-electron chi connectivity index (χ2n) is 4.92. The van der Waals surface area contributed by atoms with Crippen LogP contribution < -0.4 is 10.6 Å². The molecule has 0 aromatic carbocycles. The van der Waals surface area contributed by atoms with E-state index in [0.717, 1.165) is 26.0 Å². The van der Waals surface area contributed by atoms with Gasteiger partial charge in [-0.2, -0.15) is 0 Å². The number of morpholine rings is 1. The molecule has 1 aliphatic heterocycles. The molecular formula is C13H18N2O3. The molecule has 0 spiro atoms. The third-order valence-corrected chi connectivity index (χ3v) is 3.80. The molecule has 1 aromatic rings. The van der Waals surface area contributed by atoms with E-state index >= 15 is 0 Å². The van der Waals surface area contributed by atoms with E-state index in [2.05, 4.69) is 10.6 Å². The molecule has 0 radical (unpaired) electrons. The third kappa shape index (κ3) is 2.28. The number of carbonyl (C=O) groups excluding carboxylic acids is 1. The first-order valence-electron chi connectivity index (χ1n) is 6.51. The monoisotopic (exact) mass is 250 g/mol. The summed E-state index contributed by atoms with van der Waals surface area (Å²) < 4.78 is 10.9. The van der Waals surface area contributed by atoms with E-state index in [1.54, 1.807) is 12.1 Å².